The summed E-state index contributed by atoms with van der Waals surface area (Å²) in [6, 6.07) is 0. The van der Waals surface area contributed by atoms with E-state index in [-0.39, 0.29) is 0 Å². The number of carbonyl (C=O) groups excluding carboxylic acids is 1. The van der Waals surface area contributed by atoms with Crippen LogP contribution in [-0.4, -0.2) is 29.4 Å². The van der Waals surface area contributed by atoms with Crippen molar-refractivity contribution in [2.45, 2.75) is 0 Å². The first-order valence-corrected chi connectivity index (χ1v) is 3.11. The van der Waals surface area contributed by atoms with Gasteiger partial charge in [-0.25, -0.2) is 0 Å². The van der Waals surface area contributed by atoms with E-state index < -0.39 is 10.4 Å². The predicted molar refractivity (Wildman–Crippen MR) is 30.1 cm³/mol. The van der Waals surface area contributed by atoms with Gasteiger partial charge in [0.25, 0.3) is 0 Å². The summed E-state index contributed by atoms with van der Waals surface area (Å²) in [6.07, 6.45) is 0. The minimum Gasteiger partial charge on any atom is -0.307 e. The summed E-state index contributed by atoms with van der Waals surface area (Å²) < 4.78 is 27.5. The van der Waals surface area contributed by atoms with Gasteiger partial charge in [0, 0.05) is 0 Å². The van der Waals surface area contributed by atoms with Crippen LogP contribution in [0, 0.1) is 0 Å². The van der Waals surface area contributed by atoms with Crippen molar-refractivity contribution < 1.29 is 21.6 Å². The molecule has 0 aliphatic heterocycles. The molecule has 5 nitrogen and oxygen atoms in total. The molecule has 0 heterocycles. The zero-order valence-corrected chi connectivity index (χ0v) is 5.97. The molecule has 0 amide bonds. The first-order valence-electron chi connectivity index (χ1n) is 1.77. The molecular weight excluding hydrogens is 148 g/mol. The summed E-state index contributed by atoms with van der Waals surface area (Å²) in [4.78, 5) is 8.00. The average Bonchev–Trinajstić information content (AvgIpc) is 1.93. The van der Waals surface area contributed by atoms with E-state index in [4.69, 9.17) is 4.79 Å². The average molecular weight is 156 g/mol. The van der Waals surface area contributed by atoms with E-state index in [9.17, 15) is 8.42 Å². The summed E-state index contributed by atoms with van der Waals surface area (Å²) in [5.74, 6) is 0. The normalized spacial score (nSPS) is 9.56. The van der Waals surface area contributed by atoms with Crippen molar-refractivity contribution in [2.24, 2.45) is 0 Å². The van der Waals surface area contributed by atoms with Crippen molar-refractivity contribution in [3.63, 3.8) is 0 Å². The van der Waals surface area contributed by atoms with E-state index >= 15 is 0 Å². The van der Waals surface area contributed by atoms with Gasteiger partial charge in [-0.2, -0.15) is 8.42 Å². The fraction of sp³-hybridized carbons (Fsp3) is 0.667. The highest BCUT2D eigenvalue weighted by Gasteiger charge is 2.01. The largest absolute Gasteiger partial charge is 0.399 e. The van der Waals surface area contributed by atoms with Crippen molar-refractivity contribution >= 4 is 17.2 Å². The van der Waals surface area contributed by atoms with Crippen molar-refractivity contribution in [2.75, 3.05) is 14.2 Å². The zero-order chi connectivity index (χ0) is 7.91. The first-order chi connectivity index (χ1) is 4.12. The van der Waals surface area contributed by atoms with Gasteiger partial charge >= 0.3 is 10.4 Å². The third kappa shape index (κ3) is 7.54. The summed E-state index contributed by atoms with van der Waals surface area (Å²) in [6.45, 7) is 2.00. The monoisotopic (exact) mass is 156 g/mol. The maximum absolute atomic E-state index is 9.92. The third-order valence-electron chi connectivity index (χ3n) is 0.408. The Hall–Kier alpha value is -0.460. The van der Waals surface area contributed by atoms with Crippen LogP contribution < -0.4 is 0 Å². The third-order valence-corrected chi connectivity index (χ3v) is 1.22. The number of carbonyl (C=O) groups is 1. The van der Waals surface area contributed by atoms with Crippen molar-refractivity contribution in [1.29, 1.82) is 0 Å². The van der Waals surface area contributed by atoms with E-state index in [1.54, 1.807) is 0 Å². The molecule has 0 saturated heterocycles. The second-order valence-electron chi connectivity index (χ2n) is 0.742. The molecule has 0 spiro atoms. The molecule has 0 aliphatic carbocycles. The Morgan fingerprint density at radius 2 is 1.33 bits per heavy atom. The Labute approximate surface area is 53.9 Å². The molecule has 0 atom stereocenters. The Balaban J connectivity index is 0. The van der Waals surface area contributed by atoms with Crippen LogP contribution in [0.25, 0.3) is 0 Å². The van der Waals surface area contributed by atoms with Gasteiger partial charge in [-0.1, -0.05) is 0 Å². The summed E-state index contributed by atoms with van der Waals surface area (Å²) in [7, 11) is -1.60. The highest BCUT2D eigenvalue weighted by molar-refractivity contribution is 7.81. The molecule has 0 aromatic carbocycles. The van der Waals surface area contributed by atoms with Crippen LogP contribution in [0.4, 0.5) is 0 Å². The number of hydrogen-bond acceptors (Lipinski definition) is 5. The molecule has 0 unspecified atom stereocenters. The van der Waals surface area contributed by atoms with Crippen LogP contribution in [0.15, 0.2) is 0 Å². The van der Waals surface area contributed by atoms with Crippen LogP contribution in [0.2, 0.25) is 0 Å². The molecule has 0 saturated carbocycles. The SMILES string of the molecule is C=O.COS(=O)(=O)OC. The highest BCUT2D eigenvalue weighted by Crippen LogP contribution is 1.85. The minimum atomic E-state index is -3.66. The molecule has 0 aliphatic rings. The van der Waals surface area contributed by atoms with Gasteiger partial charge in [0.2, 0.25) is 0 Å². The zero-order valence-electron chi connectivity index (χ0n) is 5.16. The summed E-state index contributed by atoms with van der Waals surface area (Å²) in [5.41, 5.74) is 0. The maximum Gasteiger partial charge on any atom is 0.399 e. The van der Waals surface area contributed by atoms with Gasteiger partial charge in [-0.15, -0.1) is 0 Å². The van der Waals surface area contributed by atoms with Gasteiger partial charge in [-0.3, -0.25) is 8.37 Å². The molecule has 0 aromatic rings. The molecule has 56 valence electrons. The summed E-state index contributed by atoms with van der Waals surface area (Å²) in [5, 5.41) is 0. The molecule has 6 heteroatoms. The smallest absolute Gasteiger partial charge is 0.307 e. The molecule has 0 aromatic heterocycles. The molecule has 0 N–H and O–H groups in total. The van der Waals surface area contributed by atoms with Crippen LogP contribution in [0.5, 0.6) is 0 Å². The van der Waals surface area contributed by atoms with Crippen LogP contribution >= 0.6 is 0 Å². The van der Waals surface area contributed by atoms with E-state index in [0.29, 0.717) is 0 Å². The Morgan fingerprint density at radius 1 is 1.11 bits per heavy atom. The van der Waals surface area contributed by atoms with Crippen LogP contribution in [0.3, 0.4) is 0 Å². The molecule has 0 radical (unpaired) electrons. The summed E-state index contributed by atoms with van der Waals surface area (Å²) >= 11 is 0. The Bertz CT molecular complexity index is 126. The van der Waals surface area contributed by atoms with Crippen molar-refractivity contribution in [1.82, 2.24) is 0 Å². The molecule has 0 rings (SSSR count). The van der Waals surface area contributed by atoms with E-state index in [1.165, 1.54) is 0 Å². The minimum absolute atomic E-state index is 1.03. The van der Waals surface area contributed by atoms with Crippen LogP contribution in [-0.2, 0) is 23.6 Å². The lowest BCUT2D eigenvalue weighted by Gasteiger charge is -1.91. The van der Waals surface area contributed by atoms with Gasteiger partial charge in [0.05, 0.1) is 14.2 Å². The lowest BCUT2D eigenvalue weighted by Crippen LogP contribution is -2.02. The van der Waals surface area contributed by atoms with Crippen LogP contribution in [0.1, 0.15) is 0 Å². The van der Waals surface area contributed by atoms with Crippen molar-refractivity contribution in [3.8, 4) is 0 Å². The standard InChI is InChI=1S/C2H6O4S.CH2O/c1-5-7(3,4)6-2;1-2/h1-2H3;1H2. The van der Waals surface area contributed by atoms with E-state index in [2.05, 4.69) is 8.37 Å². The van der Waals surface area contributed by atoms with E-state index in [1.807, 2.05) is 6.79 Å². The predicted octanol–water partition coefficient (Wildman–Crippen LogP) is -0.661. The fourth-order valence-corrected chi connectivity index (χ4v) is 0.204. The van der Waals surface area contributed by atoms with Gasteiger partial charge < -0.3 is 4.79 Å². The lowest BCUT2D eigenvalue weighted by atomic mass is 11.8. The molecular formula is C3H8O5S. The molecule has 0 bridgehead atoms. The Kier molecular flexibility index (Phi) is 7.15. The molecule has 0 fully saturated rings. The van der Waals surface area contributed by atoms with Crippen molar-refractivity contribution in [3.05, 3.63) is 0 Å². The lowest BCUT2D eigenvalue weighted by molar-refractivity contribution is -0.0979. The Morgan fingerprint density at radius 3 is 1.33 bits per heavy atom. The number of rotatable bonds is 2. The molecule has 9 heavy (non-hydrogen) atoms. The second-order valence-corrected chi connectivity index (χ2v) is 2.22. The maximum atomic E-state index is 9.92. The number of hydrogen-bond donors (Lipinski definition) is 0. The quantitative estimate of drug-likeness (QED) is 0.530. The van der Waals surface area contributed by atoms with Gasteiger partial charge in [-0.05, 0) is 0 Å². The first kappa shape index (κ1) is 11.4. The topological polar surface area (TPSA) is 69.7 Å². The fourth-order valence-electron chi connectivity index (χ4n) is 0.0680. The van der Waals surface area contributed by atoms with Gasteiger partial charge in [0.1, 0.15) is 6.79 Å². The second kappa shape index (κ2) is 5.67. The van der Waals surface area contributed by atoms with Gasteiger partial charge in [0.15, 0.2) is 0 Å². The van der Waals surface area contributed by atoms with E-state index in [0.717, 1.165) is 14.2 Å². The highest BCUT2D eigenvalue weighted by atomic mass is 32.3.